The van der Waals surface area contributed by atoms with Crippen LogP contribution >= 0.6 is 11.6 Å². The minimum absolute atomic E-state index is 0.125. The maximum Gasteiger partial charge on any atom is 0.305 e. The van der Waals surface area contributed by atoms with E-state index in [9.17, 15) is 14.0 Å². The summed E-state index contributed by atoms with van der Waals surface area (Å²) in [6.45, 7) is 1.90. The average Bonchev–Trinajstić information content (AvgIpc) is 2.37. The third kappa shape index (κ3) is 5.95. The van der Waals surface area contributed by atoms with Crippen LogP contribution in [0.3, 0.4) is 0 Å². The fraction of sp³-hybridized carbons (Fsp3) is 0.333. The van der Waals surface area contributed by atoms with E-state index >= 15 is 0 Å². The van der Waals surface area contributed by atoms with E-state index in [2.05, 4.69) is 5.32 Å². The van der Waals surface area contributed by atoms with Crippen molar-refractivity contribution in [3.63, 3.8) is 0 Å². The van der Waals surface area contributed by atoms with Gasteiger partial charge in [0.2, 0.25) is 5.91 Å². The Morgan fingerprint density at radius 1 is 1.48 bits per heavy atom. The highest BCUT2D eigenvalue weighted by atomic mass is 35.5. The van der Waals surface area contributed by atoms with Crippen LogP contribution in [0.25, 0.3) is 6.08 Å². The number of carbonyl (C=O) groups excluding carboxylic acids is 1. The largest absolute Gasteiger partial charge is 0.481 e. The summed E-state index contributed by atoms with van der Waals surface area (Å²) in [7, 11) is 0. The van der Waals surface area contributed by atoms with Gasteiger partial charge in [0, 0.05) is 17.7 Å². The molecule has 1 atom stereocenters. The standard InChI is InChI=1S/C15H17ClFNO3/c1-2-4-10(9-15(20)21)18-14(19)8-7-11-12(16)5-3-6-13(11)17/h3,5-8,10H,2,4,9H2,1H3,(H,18,19)(H,20,21)/b8-7+. The van der Waals surface area contributed by atoms with Crippen LogP contribution in [0.4, 0.5) is 4.39 Å². The van der Waals surface area contributed by atoms with Gasteiger partial charge >= 0.3 is 5.97 Å². The van der Waals surface area contributed by atoms with Crippen molar-refractivity contribution >= 4 is 29.6 Å². The fourth-order valence-corrected chi connectivity index (χ4v) is 2.09. The number of carbonyl (C=O) groups is 2. The van der Waals surface area contributed by atoms with Crippen molar-refractivity contribution in [2.24, 2.45) is 0 Å². The van der Waals surface area contributed by atoms with Crippen molar-refractivity contribution in [1.29, 1.82) is 0 Å². The van der Waals surface area contributed by atoms with E-state index < -0.39 is 23.7 Å². The van der Waals surface area contributed by atoms with Crippen molar-refractivity contribution < 1.29 is 19.1 Å². The number of halogens is 2. The third-order valence-corrected chi connectivity index (χ3v) is 3.14. The highest BCUT2D eigenvalue weighted by molar-refractivity contribution is 6.32. The molecular weight excluding hydrogens is 297 g/mol. The Morgan fingerprint density at radius 2 is 2.19 bits per heavy atom. The van der Waals surface area contributed by atoms with Crippen LogP contribution in [0.15, 0.2) is 24.3 Å². The van der Waals surface area contributed by atoms with Gasteiger partial charge in [-0.15, -0.1) is 0 Å². The number of rotatable bonds is 7. The van der Waals surface area contributed by atoms with Crippen molar-refractivity contribution in [3.05, 3.63) is 40.7 Å². The van der Waals surface area contributed by atoms with Gasteiger partial charge in [-0.05, 0) is 24.6 Å². The molecule has 1 aromatic rings. The Morgan fingerprint density at radius 3 is 2.76 bits per heavy atom. The van der Waals surface area contributed by atoms with Crippen LogP contribution in [-0.4, -0.2) is 23.0 Å². The maximum atomic E-state index is 13.5. The van der Waals surface area contributed by atoms with E-state index in [0.29, 0.717) is 6.42 Å². The minimum Gasteiger partial charge on any atom is -0.481 e. The van der Waals surface area contributed by atoms with E-state index in [4.69, 9.17) is 16.7 Å². The van der Waals surface area contributed by atoms with Gasteiger partial charge in [0.25, 0.3) is 0 Å². The van der Waals surface area contributed by atoms with E-state index in [1.165, 1.54) is 24.3 Å². The molecule has 0 spiro atoms. The molecule has 21 heavy (non-hydrogen) atoms. The first-order chi connectivity index (χ1) is 9.93. The predicted octanol–water partition coefficient (Wildman–Crippen LogP) is 3.25. The van der Waals surface area contributed by atoms with E-state index in [-0.39, 0.29) is 17.0 Å². The van der Waals surface area contributed by atoms with Gasteiger partial charge in [-0.3, -0.25) is 9.59 Å². The summed E-state index contributed by atoms with van der Waals surface area (Å²) in [5.41, 5.74) is 0.125. The zero-order valence-electron chi connectivity index (χ0n) is 11.6. The van der Waals surface area contributed by atoms with Crippen LogP contribution in [-0.2, 0) is 9.59 Å². The second-order valence-electron chi connectivity index (χ2n) is 4.56. The summed E-state index contributed by atoms with van der Waals surface area (Å²) in [4.78, 5) is 22.4. The Hall–Kier alpha value is -1.88. The highest BCUT2D eigenvalue weighted by Crippen LogP contribution is 2.20. The van der Waals surface area contributed by atoms with Gasteiger partial charge in [0.1, 0.15) is 5.82 Å². The molecule has 0 radical (unpaired) electrons. The summed E-state index contributed by atoms with van der Waals surface area (Å²) < 4.78 is 13.5. The second-order valence-corrected chi connectivity index (χ2v) is 4.97. The molecular formula is C15H17ClFNO3. The monoisotopic (exact) mass is 313 g/mol. The lowest BCUT2D eigenvalue weighted by molar-refractivity contribution is -0.137. The summed E-state index contributed by atoms with van der Waals surface area (Å²) in [5, 5.41) is 11.6. The molecule has 114 valence electrons. The van der Waals surface area contributed by atoms with Gasteiger partial charge in [-0.2, -0.15) is 0 Å². The molecule has 0 heterocycles. The zero-order chi connectivity index (χ0) is 15.8. The Balaban J connectivity index is 2.71. The summed E-state index contributed by atoms with van der Waals surface area (Å²) >= 11 is 5.84. The SMILES string of the molecule is CCCC(CC(=O)O)NC(=O)/C=C/c1c(F)cccc1Cl. The number of hydrogen-bond acceptors (Lipinski definition) is 2. The van der Waals surface area contributed by atoms with Gasteiger partial charge in [-0.25, -0.2) is 4.39 Å². The molecule has 0 saturated carbocycles. The number of benzene rings is 1. The molecule has 0 aliphatic carbocycles. The lowest BCUT2D eigenvalue weighted by Crippen LogP contribution is -2.35. The van der Waals surface area contributed by atoms with Crippen LogP contribution in [0.1, 0.15) is 31.7 Å². The second kappa shape index (κ2) is 8.42. The molecule has 0 bridgehead atoms. The molecule has 0 aliphatic heterocycles. The summed E-state index contributed by atoms with van der Waals surface area (Å²) in [5.74, 6) is -1.98. The van der Waals surface area contributed by atoms with Crippen molar-refractivity contribution in [3.8, 4) is 0 Å². The predicted molar refractivity (Wildman–Crippen MR) is 79.5 cm³/mol. The summed E-state index contributed by atoms with van der Waals surface area (Å²) in [6.07, 6.45) is 3.59. The van der Waals surface area contributed by atoms with Gasteiger partial charge in [0.05, 0.1) is 11.4 Å². The topological polar surface area (TPSA) is 66.4 Å². The first kappa shape index (κ1) is 17.2. The smallest absolute Gasteiger partial charge is 0.305 e. The van der Waals surface area contributed by atoms with E-state index in [0.717, 1.165) is 12.5 Å². The number of nitrogens with one attached hydrogen (secondary N) is 1. The first-order valence-electron chi connectivity index (χ1n) is 6.58. The van der Waals surface area contributed by atoms with Gasteiger partial charge in [-0.1, -0.05) is 31.0 Å². The van der Waals surface area contributed by atoms with Crippen LogP contribution < -0.4 is 5.32 Å². The molecule has 1 rings (SSSR count). The number of amides is 1. The molecule has 0 aliphatic rings. The quantitative estimate of drug-likeness (QED) is 0.759. The van der Waals surface area contributed by atoms with Crippen LogP contribution in [0, 0.1) is 5.82 Å². The molecule has 1 amide bonds. The molecule has 1 aromatic carbocycles. The van der Waals surface area contributed by atoms with Gasteiger partial charge < -0.3 is 10.4 Å². The van der Waals surface area contributed by atoms with E-state index in [1.807, 2.05) is 6.92 Å². The van der Waals surface area contributed by atoms with Crippen molar-refractivity contribution in [2.45, 2.75) is 32.2 Å². The molecule has 1 unspecified atom stereocenters. The Labute approximate surface area is 127 Å². The normalized spacial score (nSPS) is 12.3. The van der Waals surface area contributed by atoms with Crippen LogP contribution in [0.2, 0.25) is 5.02 Å². The molecule has 2 N–H and O–H groups in total. The fourth-order valence-electron chi connectivity index (χ4n) is 1.86. The Kier molecular flexibility index (Phi) is 6.88. The number of carboxylic acid groups (broad SMARTS) is 1. The lowest BCUT2D eigenvalue weighted by Gasteiger charge is -2.14. The molecule has 4 nitrogen and oxygen atoms in total. The first-order valence-corrected chi connectivity index (χ1v) is 6.96. The zero-order valence-corrected chi connectivity index (χ0v) is 12.4. The lowest BCUT2D eigenvalue weighted by atomic mass is 10.1. The van der Waals surface area contributed by atoms with Crippen molar-refractivity contribution in [2.75, 3.05) is 0 Å². The maximum absolute atomic E-state index is 13.5. The van der Waals surface area contributed by atoms with Crippen LogP contribution in [0.5, 0.6) is 0 Å². The van der Waals surface area contributed by atoms with Crippen molar-refractivity contribution in [1.82, 2.24) is 5.32 Å². The highest BCUT2D eigenvalue weighted by Gasteiger charge is 2.14. The summed E-state index contributed by atoms with van der Waals surface area (Å²) in [6, 6.07) is 3.79. The van der Waals surface area contributed by atoms with Gasteiger partial charge in [0.15, 0.2) is 0 Å². The van der Waals surface area contributed by atoms with E-state index in [1.54, 1.807) is 0 Å². The molecule has 6 heteroatoms. The molecule has 0 fully saturated rings. The number of carboxylic acids is 1. The molecule has 0 aromatic heterocycles. The number of hydrogen-bond donors (Lipinski definition) is 2. The average molecular weight is 314 g/mol. The number of aliphatic carboxylic acids is 1. The molecule has 0 saturated heterocycles. The minimum atomic E-state index is -0.977. The Bertz CT molecular complexity index is 525. The third-order valence-electron chi connectivity index (χ3n) is 2.81.